The lowest BCUT2D eigenvalue weighted by atomic mass is 9.87. The quantitative estimate of drug-likeness (QED) is 0.486. The predicted octanol–water partition coefficient (Wildman–Crippen LogP) is 2.41. The van der Waals surface area contributed by atoms with Crippen LogP contribution in [-0.2, 0) is 0 Å². The Morgan fingerprint density at radius 1 is 1.60 bits per heavy atom. The molecule has 0 aromatic rings. The maximum absolute atomic E-state index is 4.62. The number of hydrogen-bond donors (Lipinski definition) is 0. The van der Waals surface area contributed by atoms with Gasteiger partial charge in [0.2, 0.25) is 0 Å². The van der Waals surface area contributed by atoms with Crippen molar-refractivity contribution in [2.24, 2.45) is 10.9 Å². The average Bonchev–Trinajstić information content (AvgIpc) is 1.96. The zero-order valence-corrected chi connectivity index (χ0v) is 6.85. The summed E-state index contributed by atoms with van der Waals surface area (Å²) in [6.07, 6.45) is 5.26. The van der Waals surface area contributed by atoms with Crippen LogP contribution in [0, 0.1) is 5.92 Å². The van der Waals surface area contributed by atoms with Crippen molar-refractivity contribution in [1.29, 1.82) is 0 Å². The molecule has 2 heterocycles. The molecule has 3 rings (SSSR count). The van der Waals surface area contributed by atoms with E-state index in [-0.39, 0.29) is 0 Å². The molecule has 1 unspecified atom stereocenters. The summed E-state index contributed by atoms with van der Waals surface area (Å²) in [5.74, 6) is 0.892. The van der Waals surface area contributed by atoms with E-state index in [1.54, 1.807) is 0 Å². The van der Waals surface area contributed by atoms with E-state index >= 15 is 0 Å². The summed E-state index contributed by atoms with van der Waals surface area (Å²) in [7, 11) is 0. The Morgan fingerprint density at radius 2 is 2.30 bits per heavy atom. The van der Waals surface area contributed by atoms with E-state index in [0.29, 0.717) is 5.54 Å². The van der Waals surface area contributed by atoms with Crippen LogP contribution in [-0.4, -0.2) is 11.3 Å². The molecule has 1 saturated carbocycles. The Hall–Kier alpha value is -0.330. The number of hydrogen-bond acceptors (Lipinski definition) is 1. The van der Waals surface area contributed by atoms with Gasteiger partial charge < -0.3 is 0 Å². The van der Waals surface area contributed by atoms with Crippen LogP contribution in [0.25, 0.3) is 0 Å². The van der Waals surface area contributed by atoms with E-state index in [0.717, 1.165) is 5.92 Å². The zero-order chi connectivity index (χ0) is 7.19. The highest BCUT2D eigenvalue weighted by atomic mass is 14.9. The molecule has 3 aliphatic rings. The third kappa shape index (κ3) is 0.882. The molecule has 0 amide bonds. The van der Waals surface area contributed by atoms with Gasteiger partial charge in [-0.25, -0.2) is 0 Å². The third-order valence-corrected chi connectivity index (χ3v) is 2.77. The van der Waals surface area contributed by atoms with Gasteiger partial charge in [-0.2, -0.15) is 0 Å². The first-order chi connectivity index (χ1) is 4.68. The summed E-state index contributed by atoms with van der Waals surface area (Å²) in [5.41, 5.74) is 1.85. The van der Waals surface area contributed by atoms with Crippen LogP contribution in [0.3, 0.4) is 0 Å². The molecular weight excluding hydrogens is 122 g/mol. The smallest absolute Gasteiger partial charge is 0.0631 e. The second kappa shape index (κ2) is 1.84. The standard InChI is InChI=1S/C9H15N/c1-7-3-4-9(2)6-8(5-7)10-9/h7H,3-6H2,1-2H3/t7?,9-/m0/s1. The van der Waals surface area contributed by atoms with Crippen LogP contribution in [0.5, 0.6) is 0 Å². The second-order valence-electron chi connectivity index (χ2n) is 4.20. The molecule has 2 atom stereocenters. The molecule has 2 bridgehead atoms. The molecule has 0 N–H and O–H groups in total. The minimum Gasteiger partial charge on any atom is -0.287 e. The maximum Gasteiger partial charge on any atom is 0.0631 e. The summed E-state index contributed by atoms with van der Waals surface area (Å²) in [6.45, 7) is 4.63. The van der Waals surface area contributed by atoms with Crippen molar-refractivity contribution in [2.75, 3.05) is 0 Å². The van der Waals surface area contributed by atoms with Crippen molar-refractivity contribution in [1.82, 2.24) is 0 Å². The van der Waals surface area contributed by atoms with Gasteiger partial charge in [0.1, 0.15) is 0 Å². The molecule has 0 aromatic heterocycles. The molecule has 0 aromatic carbocycles. The van der Waals surface area contributed by atoms with Gasteiger partial charge in [-0.3, -0.25) is 4.99 Å². The Morgan fingerprint density at radius 3 is 3.00 bits per heavy atom. The summed E-state index contributed by atoms with van der Waals surface area (Å²) in [5, 5.41) is 0. The van der Waals surface area contributed by atoms with E-state index in [1.807, 2.05) is 0 Å². The van der Waals surface area contributed by atoms with Gasteiger partial charge in [0, 0.05) is 12.1 Å². The van der Waals surface area contributed by atoms with Crippen LogP contribution in [0.2, 0.25) is 0 Å². The van der Waals surface area contributed by atoms with Crippen molar-refractivity contribution in [3.8, 4) is 0 Å². The molecule has 0 spiro atoms. The Kier molecular flexibility index (Phi) is 1.17. The minimum atomic E-state index is 0.375. The van der Waals surface area contributed by atoms with E-state index in [9.17, 15) is 0 Å². The first-order valence-corrected chi connectivity index (χ1v) is 4.26. The highest BCUT2D eigenvalue weighted by molar-refractivity contribution is 5.91. The fourth-order valence-electron chi connectivity index (χ4n) is 2.13. The summed E-state index contributed by atoms with van der Waals surface area (Å²) < 4.78 is 0. The largest absolute Gasteiger partial charge is 0.287 e. The van der Waals surface area contributed by atoms with Gasteiger partial charge in [-0.15, -0.1) is 0 Å². The van der Waals surface area contributed by atoms with Crippen LogP contribution in [0.15, 0.2) is 4.99 Å². The summed E-state index contributed by atoms with van der Waals surface area (Å²) >= 11 is 0. The molecule has 2 aliphatic heterocycles. The fourth-order valence-corrected chi connectivity index (χ4v) is 2.13. The topological polar surface area (TPSA) is 12.4 Å². The normalized spacial score (nSPS) is 45.4. The highest BCUT2D eigenvalue weighted by Crippen LogP contribution is 2.38. The molecular formula is C9H15N. The fraction of sp³-hybridized carbons (Fsp3) is 0.889. The maximum atomic E-state index is 4.62. The lowest BCUT2D eigenvalue weighted by molar-refractivity contribution is 0.400. The van der Waals surface area contributed by atoms with Crippen LogP contribution < -0.4 is 0 Å². The molecule has 0 saturated heterocycles. The van der Waals surface area contributed by atoms with Gasteiger partial charge in [-0.1, -0.05) is 6.92 Å². The van der Waals surface area contributed by atoms with Crippen molar-refractivity contribution < 1.29 is 0 Å². The van der Waals surface area contributed by atoms with Crippen molar-refractivity contribution >= 4 is 5.71 Å². The summed E-state index contributed by atoms with van der Waals surface area (Å²) in [4.78, 5) is 4.62. The summed E-state index contributed by atoms with van der Waals surface area (Å²) in [6, 6.07) is 0. The predicted molar refractivity (Wildman–Crippen MR) is 43.5 cm³/mol. The van der Waals surface area contributed by atoms with E-state index in [2.05, 4.69) is 18.8 Å². The molecule has 1 aliphatic carbocycles. The van der Waals surface area contributed by atoms with Crippen LogP contribution in [0.4, 0.5) is 0 Å². The molecule has 1 fully saturated rings. The van der Waals surface area contributed by atoms with Gasteiger partial charge in [0.15, 0.2) is 0 Å². The Labute approximate surface area is 62.5 Å². The molecule has 1 nitrogen and oxygen atoms in total. The van der Waals surface area contributed by atoms with Crippen molar-refractivity contribution in [3.05, 3.63) is 0 Å². The molecule has 56 valence electrons. The van der Waals surface area contributed by atoms with E-state index < -0.39 is 0 Å². The zero-order valence-electron chi connectivity index (χ0n) is 6.85. The minimum absolute atomic E-state index is 0.375. The number of nitrogens with zero attached hydrogens (tertiary/aromatic N) is 1. The molecule has 10 heavy (non-hydrogen) atoms. The number of rotatable bonds is 0. The Bertz CT molecular complexity index is 183. The van der Waals surface area contributed by atoms with Crippen LogP contribution >= 0.6 is 0 Å². The lowest BCUT2D eigenvalue weighted by Crippen LogP contribution is -2.34. The number of fused-ring (bicyclic) bond motifs is 3. The van der Waals surface area contributed by atoms with Gasteiger partial charge >= 0.3 is 0 Å². The third-order valence-electron chi connectivity index (χ3n) is 2.77. The van der Waals surface area contributed by atoms with Crippen molar-refractivity contribution in [2.45, 2.75) is 45.1 Å². The second-order valence-corrected chi connectivity index (χ2v) is 4.20. The van der Waals surface area contributed by atoms with E-state index in [1.165, 1.54) is 31.4 Å². The van der Waals surface area contributed by atoms with E-state index in [4.69, 9.17) is 0 Å². The van der Waals surface area contributed by atoms with Gasteiger partial charge in [-0.05, 0) is 32.1 Å². The van der Waals surface area contributed by atoms with Crippen molar-refractivity contribution in [3.63, 3.8) is 0 Å². The van der Waals surface area contributed by atoms with Gasteiger partial charge in [0.25, 0.3) is 0 Å². The highest BCUT2D eigenvalue weighted by Gasteiger charge is 2.37. The SMILES string of the molecule is CC1CC[C@@]2(C)CC(=N2)C1. The van der Waals surface area contributed by atoms with Crippen LogP contribution in [0.1, 0.15) is 39.5 Å². The number of aliphatic imine (C=N–C) groups is 1. The molecule has 1 heteroatoms. The average molecular weight is 137 g/mol. The Balaban J connectivity index is 2.15. The lowest BCUT2D eigenvalue weighted by Gasteiger charge is -2.32. The molecule has 0 radical (unpaired) electrons. The first kappa shape index (κ1) is 6.38. The first-order valence-electron chi connectivity index (χ1n) is 4.26. The monoisotopic (exact) mass is 137 g/mol. The van der Waals surface area contributed by atoms with Gasteiger partial charge in [0.05, 0.1) is 5.54 Å².